The predicted octanol–water partition coefficient (Wildman–Crippen LogP) is 3.37. The molecular weight excluding hydrogens is 158 g/mol. The summed E-state index contributed by atoms with van der Waals surface area (Å²) in [5, 5.41) is 3.49. The average Bonchev–Trinajstić information content (AvgIpc) is 1.81. The third-order valence-corrected chi connectivity index (χ3v) is 1.90. The van der Waals surface area contributed by atoms with E-state index in [2.05, 4.69) is 52.9 Å². The first-order valence-corrected chi connectivity index (χ1v) is 5.18. The minimum atomic E-state index is 0.428. The molecule has 1 N–H and O–H groups in total. The Balaban J connectivity index is 3.64. The van der Waals surface area contributed by atoms with E-state index >= 15 is 0 Å². The quantitative estimate of drug-likeness (QED) is 0.659. The third kappa shape index (κ3) is 9.62. The normalized spacial score (nSPS) is 14.0. The fourth-order valence-corrected chi connectivity index (χ4v) is 1.45. The average molecular weight is 183 g/mol. The van der Waals surface area contributed by atoms with Crippen LogP contribution in [0.4, 0.5) is 0 Å². The molecule has 0 aromatic heterocycles. The van der Waals surface area contributed by atoms with E-state index in [-0.39, 0.29) is 0 Å². The molecule has 0 aliphatic carbocycles. The summed E-state index contributed by atoms with van der Waals surface area (Å²) in [6.07, 6.45) is 3.46. The molecule has 1 heteroatoms. The largest absolute Gasteiger partial charge is 0.311 e. The Morgan fingerprint density at radius 3 is 2.23 bits per heavy atom. The van der Waals surface area contributed by atoms with Crippen molar-refractivity contribution in [3.63, 3.8) is 0 Å². The van der Waals surface area contributed by atoms with Gasteiger partial charge in [-0.05, 0) is 32.6 Å². The van der Waals surface area contributed by atoms with Gasteiger partial charge in [-0.1, -0.05) is 32.4 Å². The molecule has 78 valence electrons. The molecular formula is C12H25N. The second-order valence-electron chi connectivity index (χ2n) is 5.36. The van der Waals surface area contributed by atoms with Crippen LogP contribution in [0.1, 0.15) is 48.0 Å². The summed E-state index contributed by atoms with van der Waals surface area (Å²) in [7, 11) is 0. The van der Waals surface area contributed by atoms with Crippen molar-refractivity contribution in [2.24, 2.45) is 5.41 Å². The van der Waals surface area contributed by atoms with Crippen LogP contribution in [-0.2, 0) is 0 Å². The maximum absolute atomic E-state index is 3.49. The van der Waals surface area contributed by atoms with Gasteiger partial charge in [0.25, 0.3) is 0 Å². The van der Waals surface area contributed by atoms with Gasteiger partial charge in [-0.3, -0.25) is 0 Å². The van der Waals surface area contributed by atoms with Crippen LogP contribution < -0.4 is 5.32 Å². The zero-order chi connectivity index (χ0) is 10.5. The molecule has 0 amide bonds. The molecule has 0 aliphatic heterocycles. The Kier molecular flexibility index (Phi) is 5.31. The lowest BCUT2D eigenvalue weighted by atomic mass is 9.89. The van der Waals surface area contributed by atoms with Crippen molar-refractivity contribution >= 4 is 0 Å². The Hall–Kier alpha value is -0.300. The Bertz CT molecular complexity index is 158. The van der Waals surface area contributed by atoms with Crippen molar-refractivity contribution in [2.45, 2.75) is 54.0 Å². The molecule has 0 saturated carbocycles. The van der Waals surface area contributed by atoms with E-state index in [1.54, 1.807) is 0 Å². The zero-order valence-corrected chi connectivity index (χ0v) is 10.1. The fourth-order valence-electron chi connectivity index (χ4n) is 1.45. The summed E-state index contributed by atoms with van der Waals surface area (Å²) >= 11 is 0. The minimum Gasteiger partial charge on any atom is -0.311 e. The van der Waals surface area contributed by atoms with Gasteiger partial charge in [0.1, 0.15) is 0 Å². The van der Waals surface area contributed by atoms with Gasteiger partial charge in [-0.25, -0.2) is 0 Å². The van der Waals surface area contributed by atoms with Crippen molar-refractivity contribution in [1.82, 2.24) is 5.32 Å². The SMILES string of the molecule is CC(C)=CCNC(C)CC(C)(C)C. The first-order valence-electron chi connectivity index (χ1n) is 5.18. The van der Waals surface area contributed by atoms with Crippen LogP contribution in [0.5, 0.6) is 0 Å². The van der Waals surface area contributed by atoms with Crippen LogP contribution in [0.15, 0.2) is 11.6 Å². The molecule has 1 nitrogen and oxygen atoms in total. The summed E-state index contributed by atoms with van der Waals surface area (Å²) in [6.45, 7) is 14.4. The molecule has 1 atom stereocenters. The van der Waals surface area contributed by atoms with E-state index in [4.69, 9.17) is 0 Å². The molecule has 0 bridgehead atoms. The topological polar surface area (TPSA) is 12.0 Å². The molecule has 13 heavy (non-hydrogen) atoms. The first-order chi connectivity index (χ1) is 5.81. The Labute approximate surface area is 83.6 Å². The van der Waals surface area contributed by atoms with Gasteiger partial charge < -0.3 is 5.32 Å². The first kappa shape index (κ1) is 12.7. The molecule has 0 radical (unpaired) electrons. The fraction of sp³-hybridized carbons (Fsp3) is 0.833. The van der Waals surface area contributed by atoms with Crippen molar-refractivity contribution < 1.29 is 0 Å². The Morgan fingerprint density at radius 2 is 1.85 bits per heavy atom. The van der Waals surface area contributed by atoms with Gasteiger partial charge in [0.2, 0.25) is 0 Å². The van der Waals surface area contributed by atoms with E-state index in [0.717, 1.165) is 6.54 Å². The van der Waals surface area contributed by atoms with Crippen LogP contribution >= 0.6 is 0 Å². The molecule has 0 heterocycles. The van der Waals surface area contributed by atoms with Gasteiger partial charge in [0, 0.05) is 12.6 Å². The number of hydrogen-bond acceptors (Lipinski definition) is 1. The van der Waals surface area contributed by atoms with Gasteiger partial charge in [-0.2, -0.15) is 0 Å². The van der Waals surface area contributed by atoms with E-state index in [0.29, 0.717) is 11.5 Å². The number of nitrogens with one attached hydrogen (secondary N) is 1. The molecule has 0 fully saturated rings. The molecule has 0 spiro atoms. The highest BCUT2D eigenvalue weighted by Crippen LogP contribution is 2.20. The third-order valence-electron chi connectivity index (χ3n) is 1.90. The Morgan fingerprint density at radius 1 is 1.31 bits per heavy atom. The molecule has 0 aromatic carbocycles. The van der Waals surface area contributed by atoms with Gasteiger partial charge in [0.15, 0.2) is 0 Å². The predicted molar refractivity (Wildman–Crippen MR) is 61.0 cm³/mol. The number of rotatable bonds is 4. The second-order valence-corrected chi connectivity index (χ2v) is 5.36. The molecule has 0 aromatic rings. The molecule has 0 aliphatic rings. The van der Waals surface area contributed by atoms with E-state index in [1.165, 1.54) is 12.0 Å². The molecule has 1 unspecified atom stereocenters. The lowest BCUT2D eigenvalue weighted by Gasteiger charge is -2.23. The second kappa shape index (κ2) is 5.43. The summed E-state index contributed by atoms with van der Waals surface area (Å²) in [5.41, 5.74) is 1.81. The van der Waals surface area contributed by atoms with E-state index < -0.39 is 0 Å². The van der Waals surface area contributed by atoms with Crippen LogP contribution in [0.3, 0.4) is 0 Å². The van der Waals surface area contributed by atoms with Crippen molar-refractivity contribution in [2.75, 3.05) is 6.54 Å². The summed E-state index contributed by atoms with van der Waals surface area (Å²) in [6, 6.07) is 0.607. The zero-order valence-electron chi connectivity index (χ0n) is 10.1. The maximum atomic E-state index is 3.49. The van der Waals surface area contributed by atoms with Crippen LogP contribution in [0, 0.1) is 5.41 Å². The number of allylic oxidation sites excluding steroid dienone is 1. The summed E-state index contributed by atoms with van der Waals surface area (Å²) < 4.78 is 0. The molecule has 0 rings (SSSR count). The van der Waals surface area contributed by atoms with Crippen molar-refractivity contribution in [3.05, 3.63) is 11.6 Å². The van der Waals surface area contributed by atoms with E-state index in [9.17, 15) is 0 Å². The number of hydrogen-bond donors (Lipinski definition) is 1. The van der Waals surface area contributed by atoms with Crippen LogP contribution in [-0.4, -0.2) is 12.6 Å². The van der Waals surface area contributed by atoms with Crippen molar-refractivity contribution in [3.8, 4) is 0 Å². The van der Waals surface area contributed by atoms with Gasteiger partial charge in [-0.15, -0.1) is 0 Å². The summed E-state index contributed by atoms with van der Waals surface area (Å²) in [5.74, 6) is 0. The minimum absolute atomic E-state index is 0.428. The smallest absolute Gasteiger partial charge is 0.0139 e. The standard InChI is InChI=1S/C12H25N/c1-10(2)7-8-13-11(3)9-12(4,5)6/h7,11,13H,8-9H2,1-6H3. The van der Waals surface area contributed by atoms with Crippen LogP contribution in [0.2, 0.25) is 0 Å². The highest BCUT2D eigenvalue weighted by molar-refractivity contribution is 4.94. The lowest BCUT2D eigenvalue weighted by molar-refractivity contribution is 0.324. The van der Waals surface area contributed by atoms with Gasteiger partial charge in [0.05, 0.1) is 0 Å². The summed E-state index contributed by atoms with van der Waals surface area (Å²) in [4.78, 5) is 0. The van der Waals surface area contributed by atoms with E-state index in [1.807, 2.05) is 0 Å². The van der Waals surface area contributed by atoms with Crippen LogP contribution in [0.25, 0.3) is 0 Å². The monoisotopic (exact) mass is 183 g/mol. The molecule has 0 saturated heterocycles. The van der Waals surface area contributed by atoms with Gasteiger partial charge >= 0.3 is 0 Å². The highest BCUT2D eigenvalue weighted by Gasteiger charge is 2.13. The highest BCUT2D eigenvalue weighted by atomic mass is 14.9. The maximum Gasteiger partial charge on any atom is 0.0139 e. The lowest BCUT2D eigenvalue weighted by Crippen LogP contribution is -2.30. The van der Waals surface area contributed by atoms with Crippen molar-refractivity contribution in [1.29, 1.82) is 0 Å².